The van der Waals surface area contributed by atoms with Crippen molar-refractivity contribution in [1.29, 1.82) is 0 Å². The van der Waals surface area contributed by atoms with E-state index in [1.54, 1.807) is 0 Å². The number of nitrogens with one attached hydrogen (secondary N) is 2. The van der Waals surface area contributed by atoms with E-state index < -0.39 is 18.0 Å². The van der Waals surface area contributed by atoms with Crippen molar-refractivity contribution < 1.29 is 24.2 Å². The summed E-state index contributed by atoms with van der Waals surface area (Å²) in [7, 11) is 0. The smallest absolute Gasteiger partial charge is 0.407 e. The van der Waals surface area contributed by atoms with Gasteiger partial charge in [0.05, 0.1) is 5.92 Å². The molecule has 0 radical (unpaired) electrons. The van der Waals surface area contributed by atoms with Crippen LogP contribution >= 0.6 is 0 Å². The number of benzene rings is 2. The van der Waals surface area contributed by atoms with Crippen molar-refractivity contribution in [2.75, 3.05) is 13.2 Å². The second kappa shape index (κ2) is 8.70. The molecule has 182 valence electrons. The van der Waals surface area contributed by atoms with E-state index in [9.17, 15) is 19.5 Å². The predicted molar refractivity (Wildman–Crippen MR) is 129 cm³/mol. The van der Waals surface area contributed by atoms with Gasteiger partial charge in [-0.15, -0.1) is 0 Å². The Hall–Kier alpha value is -3.35. The van der Waals surface area contributed by atoms with Crippen molar-refractivity contribution in [3.63, 3.8) is 0 Å². The Bertz CT molecular complexity index is 1130. The number of alkyl carbamates (subject to hydrolysis) is 1. The van der Waals surface area contributed by atoms with E-state index in [0.29, 0.717) is 13.0 Å². The molecule has 2 bridgehead atoms. The lowest BCUT2D eigenvalue weighted by Gasteiger charge is -2.29. The molecule has 3 N–H and O–H groups in total. The number of hydrogen-bond acceptors (Lipinski definition) is 4. The van der Waals surface area contributed by atoms with Gasteiger partial charge >= 0.3 is 12.1 Å². The fourth-order valence-electron chi connectivity index (χ4n) is 6.78. The molecule has 6 rings (SSSR count). The van der Waals surface area contributed by atoms with Crippen molar-refractivity contribution in [1.82, 2.24) is 10.6 Å². The number of aliphatic carboxylic acids is 1. The third kappa shape index (κ3) is 3.97. The summed E-state index contributed by atoms with van der Waals surface area (Å²) in [6.45, 7) is 0.642. The second-order valence-corrected chi connectivity index (χ2v) is 10.5. The van der Waals surface area contributed by atoms with Crippen molar-refractivity contribution in [3.05, 3.63) is 59.7 Å². The molecule has 0 aromatic heterocycles. The van der Waals surface area contributed by atoms with Gasteiger partial charge in [0.25, 0.3) is 0 Å². The van der Waals surface area contributed by atoms with Crippen LogP contribution in [0.25, 0.3) is 11.1 Å². The van der Waals surface area contributed by atoms with Gasteiger partial charge in [-0.1, -0.05) is 48.5 Å². The van der Waals surface area contributed by atoms with E-state index in [1.807, 2.05) is 24.3 Å². The van der Waals surface area contributed by atoms with E-state index in [4.69, 9.17) is 4.74 Å². The molecule has 35 heavy (non-hydrogen) atoms. The first-order valence-electron chi connectivity index (χ1n) is 12.6. The molecule has 7 heteroatoms. The first-order chi connectivity index (χ1) is 17.0. The van der Waals surface area contributed by atoms with Gasteiger partial charge in [0.15, 0.2) is 0 Å². The third-order valence-electron chi connectivity index (χ3n) is 8.62. The summed E-state index contributed by atoms with van der Waals surface area (Å²) in [5.74, 6) is -0.964. The molecule has 4 unspecified atom stereocenters. The lowest BCUT2D eigenvalue weighted by molar-refractivity contribution is -0.144. The van der Waals surface area contributed by atoms with E-state index in [-0.39, 0.29) is 48.1 Å². The van der Waals surface area contributed by atoms with Crippen molar-refractivity contribution >= 4 is 18.0 Å². The second-order valence-electron chi connectivity index (χ2n) is 10.5. The Morgan fingerprint density at radius 1 is 0.914 bits per heavy atom. The van der Waals surface area contributed by atoms with E-state index >= 15 is 0 Å². The monoisotopic (exact) mass is 474 g/mol. The number of hydrogen-bond donors (Lipinski definition) is 3. The summed E-state index contributed by atoms with van der Waals surface area (Å²) < 4.78 is 5.58. The normalized spacial score (nSPS) is 29.8. The predicted octanol–water partition coefficient (Wildman–Crippen LogP) is 3.78. The Morgan fingerprint density at radius 2 is 1.57 bits per heavy atom. The first-order valence-corrected chi connectivity index (χ1v) is 12.6. The van der Waals surface area contributed by atoms with Gasteiger partial charge < -0.3 is 20.5 Å². The Labute approximate surface area is 204 Å². The zero-order chi connectivity index (χ0) is 24.1. The maximum atomic E-state index is 12.7. The van der Waals surface area contributed by atoms with Gasteiger partial charge in [0.2, 0.25) is 5.91 Å². The molecular formula is C28H30N2O5. The average Bonchev–Trinajstić information content (AvgIpc) is 3.19. The molecule has 4 aliphatic carbocycles. The maximum Gasteiger partial charge on any atom is 0.407 e. The first kappa shape index (κ1) is 22.1. The zero-order valence-electron chi connectivity index (χ0n) is 19.5. The van der Waals surface area contributed by atoms with Crippen LogP contribution in [0.4, 0.5) is 4.79 Å². The third-order valence-corrected chi connectivity index (χ3v) is 8.62. The zero-order valence-corrected chi connectivity index (χ0v) is 19.5. The summed E-state index contributed by atoms with van der Waals surface area (Å²) in [5, 5.41) is 15.4. The van der Waals surface area contributed by atoms with Gasteiger partial charge in [0.1, 0.15) is 6.61 Å². The fraction of sp³-hybridized carbons (Fsp3) is 0.464. The largest absolute Gasteiger partial charge is 0.481 e. The number of carboxylic acids is 1. The van der Waals surface area contributed by atoms with Crippen molar-refractivity contribution in [2.45, 2.75) is 37.6 Å². The number of carboxylic acid groups (broad SMARTS) is 1. The van der Waals surface area contributed by atoms with E-state index in [0.717, 1.165) is 19.3 Å². The minimum atomic E-state index is -0.799. The molecule has 0 heterocycles. The molecule has 3 saturated carbocycles. The van der Waals surface area contributed by atoms with Crippen LogP contribution in [0.5, 0.6) is 0 Å². The van der Waals surface area contributed by atoms with Gasteiger partial charge in [-0.2, -0.15) is 0 Å². The van der Waals surface area contributed by atoms with Crippen LogP contribution in [0.2, 0.25) is 0 Å². The molecule has 7 nitrogen and oxygen atoms in total. The van der Waals surface area contributed by atoms with Gasteiger partial charge in [-0.25, -0.2) is 4.79 Å². The molecule has 0 aliphatic heterocycles. The number of fused-ring (bicyclic) bond motifs is 5. The summed E-state index contributed by atoms with van der Waals surface area (Å²) in [6.07, 6.45) is 3.07. The van der Waals surface area contributed by atoms with Crippen LogP contribution in [0.3, 0.4) is 0 Å². The van der Waals surface area contributed by atoms with Crippen LogP contribution in [-0.2, 0) is 14.3 Å². The topological polar surface area (TPSA) is 105 Å². The molecule has 2 aromatic carbocycles. The number of carbonyl (C=O) groups is 3. The summed E-state index contributed by atoms with van der Waals surface area (Å²) >= 11 is 0. The maximum absolute atomic E-state index is 12.7. The summed E-state index contributed by atoms with van der Waals surface area (Å²) in [6, 6.07) is 16.2. The quantitative estimate of drug-likeness (QED) is 0.567. The highest BCUT2D eigenvalue weighted by Gasteiger charge is 2.53. The van der Waals surface area contributed by atoms with Gasteiger partial charge in [0, 0.05) is 24.4 Å². The number of amides is 2. The number of rotatable bonds is 7. The van der Waals surface area contributed by atoms with Crippen molar-refractivity contribution in [2.24, 2.45) is 29.6 Å². The molecule has 4 aliphatic rings. The van der Waals surface area contributed by atoms with Crippen LogP contribution in [-0.4, -0.2) is 42.3 Å². The molecule has 2 amide bonds. The molecule has 0 saturated heterocycles. The van der Waals surface area contributed by atoms with Crippen molar-refractivity contribution in [3.8, 4) is 11.1 Å². The standard InChI is InChI=1S/C28H30N2O5/c31-26(30-25-16-10-9-15(11-16)24(25)27(32)33)22-12-17(22)13-29-28(34)35-14-23-20-7-3-1-5-18(20)19-6-2-4-8-21(19)23/h1-8,15-17,22-25H,9-14H2,(H,29,34)(H,30,31)(H,32,33)/t15?,16?,17-,22-,24?,25?/m0/s1. The minimum Gasteiger partial charge on any atom is -0.481 e. The van der Waals surface area contributed by atoms with Gasteiger partial charge in [-0.05, 0) is 65.7 Å². The lowest BCUT2D eigenvalue weighted by Crippen LogP contribution is -2.47. The van der Waals surface area contributed by atoms with Crippen LogP contribution in [0.1, 0.15) is 42.7 Å². The van der Waals surface area contributed by atoms with Crippen LogP contribution < -0.4 is 10.6 Å². The number of carbonyl (C=O) groups excluding carboxylic acids is 2. The highest BCUT2D eigenvalue weighted by molar-refractivity contribution is 5.83. The molecule has 6 atom stereocenters. The Morgan fingerprint density at radius 3 is 2.26 bits per heavy atom. The van der Waals surface area contributed by atoms with Crippen LogP contribution in [0.15, 0.2) is 48.5 Å². The molecule has 0 spiro atoms. The molecular weight excluding hydrogens is 444 g/mol. The van der Waals surface area contributed by atoms with Crippen LogP contribution in [0, 0.1) is 29.6 Å². The highest BCUT2D eigenvalue weighted by Crippen LogP contribution is 2.49. The Kier molecular flexibility index (Phi) is 5.50. The highest BCUT2D eigenvalue weighted by atomic mass is 16.5. The Balaban J connectivity index is 0.985. The summed E-state index contributed by atoms with van der Waals surface area (Å²) in [4.78, 5) is 36.9. The fourth-order valence-corrected chi connectivity index (χ4v) is 6.78. The van der Waals surface area contributed by atoms with E-state index in [2.05, 4.69) is 34.9 Å². The SMILES string of the molecule is O=C(NC[C@@H]1C[C@@H]1C(=O)NC1C2CCC(C2)C1C(=O)O)OCC1c2ccccc2-c2ccccc21. The summed E-state index contributed by atoms with van der Waals surface area (Å²) in [5.41, 5.74) is 4.70. The van der Waals surface area contributed by atoms with Gasteiger partial charge in [-0.3, -0.25) is 9.59 Å². The lowest BCUT2D eigenvalue weighted by atomic mass is 9.84. The average molecular weight is 475 g/mol. The minimum absolute atomic E-state index is 0.0107. The molecule has 3 fully saturated rings. The van der Waals surface area contributed by atoms with E-state index in [1.165, 1.54) is 22.3 Å². The number of ether oxygens (including phenoxy) is 1. The molecule has 2 aromatic rings.